The number of nitrogens with one attached hydrogen (secondary N) is 2. The topological polar surface area (TPSA) is 82.4 Å². The molecule has 0 spiro atoms. The van der Waals surface area contributed by atoms with Gasteiger partial charge in [0.2, 0.25) is 0 Å². The third-order valence-electron chi connectivity index (χ3n) is 7.43. The van der Waals surface area contributed by atoms with Crippen molar-refractivity contribution >= 4 is 27.8 Å². The van der Waals surface area contributed by atoms with E-state index in [-0.39, 0.29) is 5.82 Å². The van der Waals surface area contributed by atoms with Crippen molar-refractivity contribution in [2.24, 2.45) is 11.8 Å². The predicted octanol–water partition coefficient (Wildman–Crippen LogP) is 3.00. The molecule has 3 aliphatic heterocycles. The number of rotatable bonds is 4. The molecule has 3 saturated heterocycles. The summed E-state index contributed by atoms with van der Waals surface area (Å²) in [6, 6.07) is 6.98. The van der Waals surface area contributed by atoms with Crippen LogP contribution in [0.1, 0.15) is 5.76 Å². The summed E-state index contributed by atoms with van der Waals surface area (Å²) in [7, 11) is 0. The van der Waals surface area contributed by atoms with E-state index < -0.39 is 0 Å². The molecule has 6 heterocycles. The van der Waals surface area contributed by atoms with E-state index in [1.54, 1.807) is 0 Å². The summed E-state index contributed by atoms with van der Waals surface area (Å²) < 4.78 is 26.4. The second-order valence-electron chi connectivity index (χ2n) is 9.66. The van der Waals surface area contributed by atoms with Gasteiger partial charge in [0.25, 0.3) is 0 Å². The number of H-pyrrole nitrogens is 1. The molecule has 0 bridgehead atoms. The van der Waals surface area contributed by atoms with Gasteiger partial charge in [-0.2, -0.15) is 0 Å². The normalized spacial score (nSPS) is 23.4. The largest absolute Gasteiger partial charge is 0.454 e. The third kappa shape index (κ3) is 3.46. The van der Waals surface area contributed by atoms with Crippen molar-refractivity contribution in [2.75, 3.05) is 57.4 Å². The number of aromatic nitrogens is 3. The Morgan fingerprint density at radius 1 is 1.06 bits per heavy atom. The Morgan fingerprint density at radius 2 is 1.88 bits per heavy atom. The number of fused-ring (bicyclic) bond motifs is 3. The summed E-state index contributed by atoms with van der Waals surface area (Å²) in [6.07, 6.45) is 1.81. The zero-order valence-corrected chi connectivity index (χ0v) is 18.9. The fourth-order valence-corrected chi connectivity index (χ4v) is 5.77. The molecule has 0 radical (unpaired) electrons. The van der Waals surface area contributed by atoms with Crippen LogP contribution in [0.5, 0.6) is 0 Å². The lowest BCUT2D eigenvalue weighted by atomic mass is 10.0. The van der Waals surface area contributed by atoms with Gasteiger partial charge in [0.05, 0.1) is 19.8 Å². The number of morpholine rings is 1. The molecule has 34 heavy (non-hydrogen) atoms. The first-order valence-electron chi connectivity index (χ1n) is 12.0. The first-order valence-corrected chi connectivity index (χ1v) is 12.0. The highest BCUT2D eigenvalue weighted by atomic mass is 19.1. The van der Waals surface area contributed by atoms with Gasteiger partial charge in [-0.05, 0) is 43.1 Å². The van der Waals surface area contributed by atoms with Crippen LogP contribution in [0.3, 0.4) is 0 Å². The summed E-state index contributed by atoms with van der Waals surface area (Å²) in [5, 5.41) is 4.40. The molecular weight excluding hydrogens is 435 g/mol. The number of furan rings is 1. The van der Waals surface area contributed by atoms with Crippen LogP contribution in [0.25, 0.3) is 33.4 Å². The zero-order valence-electron chi connectivity index (χ0n) is 18.9. The maximum absolute atomic E-state index is 14.4. The molecule has 3 fully saturated rings. The van der Waals surface area contributed by atoms with E-state index in [9.17, 15) is 4.39 Å². The average Bonchev–Trinajstić information content (AvgIpc) is 3.62. The molecule has 9 heteroatoms. The van der Waals surface area contributed by atoms with Crippen molar-refractivity contribution in [1.29, 1.82) is 0 Å². The van der Waals surface area contributed by atoms with Crippen molar-refractivity contribution in [3.05, 3.63) is 42.0 Å². The number of anilines is 1. The molecule has 2 atom stereocenters. The van der Waals surface area contributed by atoms with Gasteiger partial charge in [-0.25, -0.2) is 14.4 Å². The molecular formula is C25H27FN6O2. The van der Waals surface area contributed by atoms with Crippen LogP contribution >= 0.6 is 0 Å². The average molecular weight is 463 g/mol. The third-order valence-corrected chi connectivity index (χ3v) is 7.43. The first kappa shape index (κ1) is 20.4. The molecule has 2 N–H and O–H groups in total. The van der Waals surface area contributed by atoms with Gasteiger partial charge < -0.3 is 24.4 Å². The highest BCUT2D eigenvalue weighted by molar-refractivity contribution is 5.95. The molecule has 3 aromatic heterocycles. The van der Waals surface area contributed by atoms with Gasteiger partial charge in [0, 0.05) is 54.9 Å². The number of ether oxygens (including phenoxy) is 1. The number of halogens is 1. The summed E-state index contributed by atoms with van der Waals surface area (Å²) in [6.45, 7) is 7.91. The van der Waals surface area contributed by atoms with Crippen molar-refractivity contribution in [1.82, 2.24) is 25.2 Å². The van der Waals surface area contributed by atoms with Gasteiger partial charge in [-0.1, -0.05) is 0 Å². The molecule has 0 amide bonds. The SMILES string of the molecule is Fc1cc(-c2nc(N3CCOCC3)c3oc(CN4CC5CNCC5C4)cc3n2)c2cc[nH]c2c1. The number of hydrogen-bond donors (Lipinski definition) is 2. The molecule has 2 unspecified atom stereocenters. The Balaban J connectivity index is 1.31. The number of benzene rings is 1. The van der Waals surface area contributed by atoms with Crippen LogP contribution in [-0.4, -0.2) is 72.3 Å². The minimum absolute atomic E-state index is 0.316. The Morgan fingerprint density at radius 3 is 2.71 bits per heavy atom. The highest BCUT2D eigenvalue weighted by Gasteiger charge is 2.36. The van der Waals surface area contributed by atoms with E-state index in [4.69, 9.17) is 19.1 Å². The lowest BCUT2D eigenvalue weighted by molar-refractivity contribution is 0.122. The summed E-state index contributed by atoms with van der Waals surface area (Å²) in [4.78, 5) is 17.5. The minimum Gasteiger partial charge on any atom is -0.454 e. The quantitative estimate of drug-likeness (QED) is 0.483. The molecule has 0 saturated carbocycles. The van der Waals surface area contributed by atoms with Crippen molar-refractivity contribution in [2.45, 2.75) is 6.54 Å². The van der Waals surface area contributed by atoms with Gasteiger partial charge >= 0.3 is 0 Å². The molecule has 0 aliphatic carbocycles. The van der Waals surface area contributed by atoms with Crippen LogP contribution in [0, 0.1) is 17.7 Å². The zero-order chi connectivity index (χ0) is 22.6. The van der Waals surface area contributed by atoms with Crippen LogP contribution in [0.15, 0.2) is 34.9 Å². The van der Waals surface area contributed by atoms with Gasteiger partial charge in [-0.15, -0.1) is 0 Å². The van der Waals surface area contributed by atoms with Gasteiger partial charge in [0.15, 0.2) is 17.2 Å². The Bertz CT molecular complexity index is 1350. The van der Waals surface area contributed by atoms with Gasteiger partial charge in [-0.3, -0.25) is 4.90 Å². The van der Waals surface area contributed by atoms with E-state index in [1.807, 2.05) is 18.3 Å². The Hall–Kier alpha value is -3.01. The van der Waals surface area contributed by atoms with Crippen LogP contribution < -0.4 is 10.2 Å². The molecule has 176 valence electrons. The van der Waals surface area contributed by atoms with Gasteiger partial charge in [0.1, 0.15) is 17.1 Å². The van der Waals surface area contributed by atoms with Crippen molar-refractivity contribution < 1.29 is 13.5 Å². The number of hydrogen-bond acceptors (Lipinski definition) is 7. The second-order valence-corrected chi connectivity index (χ2v) is 9.66. The maximum atomic E-state index is 14.4. The minimum atomic E-state index is -0.316. The van der Waals surface area contributed by atoms with Crippen molar-refractivity contribution in [3.8, 4) is 11.4 Å². The van der Waals surface area contributed by atoms with Crippen LogP contribution in [0.2, 0.25) is 0 Å². The van der Waals surface area contributed by atoms with Crippen LogP contribution in [0.4, 0.5) is 10.2 Å². The summed E-state index contributed by atoms with van der Waals surface area (Å²) in [5.74, 6) is 3.31. The van der Waals surface area contributed by atoms with E-state index >= 15 is 0 Å². The van der Waals surface area contributed by atoms with E-state index in [2.05, 4.69) is 20.1 Å². The second kappa shape index (κ2) is 8.04. The molecule has 7 rings (SSSR count). The smallest absolute Gasteiger partial charge is 0.195 e. The van der Waals surface area contributed by atoms with Crippen molar-refractivity contribution in [3.63, 3.8) is 0 Å². The molecule has 4 aromatic rings. The number of likely N-dealkylation sites (tertiary alicyclic amines) is 1. The van der Waals surface area contributed by atoms with Crippen LogP contribution in [-0.2, 0) is 11.3 Å². The monoisotopic (exact) mass is 462 g/mol. The standard InChI is InChI=1S/C25H27FN6O2/c26-17-7-20(19-1-2-28-21(19)8-17)24-29-22-9-18(14-31-12-15-10-27-11-16(15)13-31)34-23(22)25(30-24)32-3-5-33-6-4-32/h1-2,7-9,15-16,27-28H,3-6,10-14H2. The number of nitrogens with zero attached hydrogens (tertiary/aromatic N) is 4. The maximum Gasteiger partial charge on any atom is 0.195 e. The predicted molar refractivity (Wildman–Crippen MR) is 127 cm³/mol. The summed E-state index contributed by atoms with van der Waals surface area (Å²) >= 11 is 0. The fourth-order valence-electron chi connectivity index (χ4n) is 5.77. The lowest BCUT2D eigenvalue weighted by Gasteiger charge is -2.27. The van der Waals surface area contributed by atoms with E-state index in [0.29, 0.717) is 30.2 Å². The Labute approximate surface area is 196 Å². The molecule has 1 aromatic carbocycles. The molecule has 8 nitrogen and oxygen atoms in total. The number of aromatic amines is 1. The Kier molecular flexibility index (Phi) is 4.82. The van der Waals surface area contributed by atoms with E-state index in [1.165, 1.54) is 12.1 Å². The first-order chi connectivity index (χ1) is 16.7. The fraction of sp³-hybridized carbons (Fsp3) is 0.440. The highest BCUT2D eigenvalue weighted by Crippen LogP contribution is 2.35. The summed E-state index contributed by atoms with van der Waals surface area (Å²) in [5.41, 5.74) is 2.86. The molecule has 3 aliphatic rings. The van der Waals surface area contributed by atoms with E-state index in [0.717, 1.165) is 85.6 Å². The lowest BCUT2D eigenvalue weighted by Crippen LogP contribution is -2.37.